The number of piperazine rings is 1. The van der Waals surface area contributed by atoms with E-state index in [-0.39, 0.29) is 18.0 Å². The van der Waals surface area contributed by atoms with Crippen LogP contribution >= 0.6 is 0 Å². The second-order valence-electron chi connectivity index (χ2n) is 6.10. The van der Waals surface area contributed by atoms with E-state index >= 15 is 0 Å². The lowest BCUT2D eigenvalue weighted by atomic mass is 10.1. The van der Waals surface area contributed by atoms with Gasteiger partial charge in [-0.3, -0.25) is 9.69 Å². The van der Waals surface area contributed by atoms with Crippen molar-refractivity contribution in [3.63, 3.8) is 0 Å². The van der Waals surface area contributed by atoms with Crippen LogP contribution in [0.4, 0.5) is 4.79 Å². The first-order valence-electron chi connectivity index (χ1n) is 8.50. The summed E-state index contributed by atoms with van der Waals surface area (Å²) in [6, 6.07) is 7.93. The summed E-state index contributed by atoms with van der Waals surface area (Å²) in [7, 11) is 0. The summed E-state index contributed by atoms with van der Waals surface area (Å²) >= 11 is 0. The highest BCUT2D eigenvalue weighted by Crippen LogP contribution is 2.09. The van der Waals surface area contributed by atoms with Crippen molar-refractivity contribution in [3.05, 3.63) is 35.4 Å². The molecular formula is C18H27N3O3. The average Bonchev–Trinajstić information content (AvgIpc) is 2.60. The van der Waals surface area contributed by atoms with Gasteiger partial charge in [-0.1, -0.05) is 29.8 Å². The van der Waals surface area contributed by atoms with Crippen molar-refractivity contribution in [2.24, 2.45) is 0 Å². The van der Waals surface area contributed by atoms with Crippen LogP contribution < -0.4 is 5.32 Å². The molecule has 1 N–H and O–H groups in total. The van der Waals surface area contributed by atoms with Gasteiger partial charge in [-0.15, -0.1) is 0 Å². The van der Waals surface area contributed by atoms with Gasteiger partial charge in [0.25, 0.3) is 0 Å². The highest BCUT2D eigenvalue weighted by Gasteiger charge is 2.27. The standard InChI is InChI=1S/C18H27N3O3/c1-4-24-18(23)21-11-9-20(10-12-21)15(3)17(22)19-13-16-7-5-14(2)6-8-16/h5-8,15H,4,9-13H2,1-3H3,(H,19,22)/t15-/m0/s1. The molecule has 0 aliphatic carbocycles. The molecule has 1 heterocycles. The molecule has 24 heavy (non-hydrogen) atoms. The summed E-state index contributed by atoms with van der Waals surface area (Å²) in [6.45, 7) is 9.21. The van der Waals surface area contributed by atoms with E-state index in [1.54, 1.807) is 11.8 Å². The number of hydrogen-bond donors (Lipinski definition) is 1. The Hall–Kier alpha value is -2.08. The maximum Gasteiger partial charge on any atom is 0.409 e. The fourth-order valence-electron chi connectivity index (χ4n) is 2.72. The molecule has 0 bridgehead atoms. The van der Waals surface area contributed by atoms with E-state index in [1.807, 2.05) is 38.1 Å². The topological polar surface area (TPSA) is 61.9 Å². The fraction of sp³-hybridized carbons (Fsp3) is 0.556. The Morgan fingerprint density at radius 3 is 2.38 bits per heavy atom. The van der Waals surface area contributed by atoms with E-state index in [0.717, 1.165) is 5.56 Å². The van der Waals surface area contributed by atoms with Crippen molar-refractivity contribution in [3.8, 4) is 0 Å². The minimum atomic E-state index is -0.270. The van der Waals surface area contributed by atoms with Crippen LogP contribution in [0.1, 0.15) is 25.0 Å². The van der Waals surface area contributed by atoms with Gasteiger partial charge in [0.1, 0.15) is 0 Å². The molecule has 0 aromatic heterocycles. The quantitative estimate of drug-likeness (QED) is 0.892. The molecule has 1 atom stereocenters. The van der Waals surface area contributed by atoms with Crippen LogP contribution in [0.3, 0.4) is 0 Å². The molecule has 1 aliphatic heterocycles. The average molecular weight is 333 g/mol. The van der Waals surface area contributed by atoms with Crippen molar-refractivity contribution in [2.75, 3.05) is 32.8 Å². The van der Waals surface area contributed by atoms with E-state index in [0.29, 0.717) is 39.3 Å². The summed E-state index contributed by atoms with van der Waals surface area (Å²) in [6.07, 6.45) is -0.270. The number of rotatable bonds is 5. The predicted octanol–water partition coefficient (Wildman–Crippen LogP) is 1.77. The summed E-state index contributed by atoms with van der Waals surface area (Å²) in [5, 5.41) is 2.98. The van der Waals surface area contributed by atoms with Crippen molar-refractivity contribution in [1.82, 2.24) is 15.1 Å². The third kappa shape index (κ3) is 4.96. The zero-order valence-corrected chi connectivity index (χ0v) is 14.7. The number of carbonyl (C=O) groups excluding carboxylic acids is 2. The number of benzene rings is 1. The van der Waals surface area contributed by atoms with Crippen molar-refractivity contribution >= 4 is 12.0 Å². The van der Waals surface area contributed by atoms with E-state index in [1.165, 1.54) is 5.56 Å². The van der Waals surface area contributed by atoms with E-state index in [2.05, 4.69) is 10.2 Å². The third-order valence-corrected chi connectivity index (χ3v) is 4.35. The molecule has 132 valence electrons. The van der Waals surface area contributed by atoms with Gasteiger partial charge in [0.2, 0.25) is 5.91 Å². The minimum absolute atomic E-state index is 0.0140. The largest absolute Gasteiger partial charge is 0.450 e. The number of ether oxygens (including phenoxy) is 1. The van der Waals surface area contributed by atoms with Gasteiger partial charge >= 0.3 is 6.09 Å². The summed E-state index contributed by atoms with van der Waals surface area (Å²) < 4.78 is 5.01. The lowest BCUT2D eigenvalue weighted by Crippen LogP contribution is -2.55. The van der Waals surface area contributed by atoms with Crippen LogP contribution in [-0.2, 0) is 16.1 Å². The van der Waals surface area contributed by atoms with Crippen molar-refractivity contribution in [2.45, 2.75) is 33.4 Å². The van der Waals surface area contributed by atoms with Gasteiger partial charge in [0.05, 0.1) is 12.6 Å². The molecule has 2 rings (SSSR count). The molecule has 0 spiro atoms. The maximum absolute atomic E-state index is 12.3. The molecule has 6 nitrogen and oxygen atoms in total. The second-order valence-corrected chi connectivity index (χ2v) is 6.10. The minimum Gasteiger partial charge on any atom is -0.450 e. The number of carbonyl (C=O) groups is 2. The van der Waals surface area contributed by atoms with E-state index < -0.39 is 0 Å². The Kier molecular flexibility index (Phi) is 6.61. The molecule has 6 heteroatoms. The molecule has 1 aromatic rings. The van der Waals surface area contributed by atoms with Gasteiger partial charge in [-0.05, 0) is 26.3 Å². The second kappa shape index (κ2) is 8.68. The summed E-state index contributed by atoms with van der Waals surface area (Å²) in [4.78, 5) is 27.8. The summed E-state index contributed by atoms with van der Waals surface area (Å²) in [5.74, 6) is 0.0140. The molecule has 0 radical (unpaired) electrons. The molecule has 0 unspecified atom stereocenters. The smallest absolute Gasteiger partial charge is 0.409 e. The Morgan fingerprint density at radius 1 is 1.17 bits per heavy atom. The first kappa shape index (κ1) is 18.3. The number of hydrogen-bond acceptors (Lipinski definition) is 4. The van der Waals surface area contributed by atoms with Crippen LogP contribution in [0.5, 0.6) is 0 Å². The Bertz CT molecular complexity index is 551. The van der Waals surface area contributed by atoms with Gasteiger partial charge in [-0.2, -0.15) is 0 Å². The molecule has 1 fully saturated rings. The number of aryl methyl sites for hydroxylation is 1. The number of amides is 2. The molecule has 0 saturated carbocycles. The molecule has 1 saturated heterocycles. The van der Waals surface area contributed by atoms with Crippen LogP contribution in [0.2, 0.25) is 0 Å². The van der Waals surface area contributed by atoms with E-state index in [9.17, 15) is 9.59 Å². The maximum atomic E-state index is 12.3. The summed E-state index contributed by atoms with van der Waals surface area (Å²) in [5.41, 5.74) is 2.30. The molecule has 2 amide bonds. The normalized spacial score (nSPS) is 16.5. The van der Waals surface area contributed by atoms with Gasteiger partial charge in [0, 0.05) is 32.7 Å². The van der Waals surface area contributed by atoms with Gasteiger partial charge in [0.15, 0.2) is 0 Å². The van der Waals surface area contributed by atoms with Crippen LogP contribution in [0.15, 0.2) is 24.3 Å². The zero-order chi connectivity index (χ0) is 17.5. The molecular weight excluding hydrogens is 306 g/mol. The SMILES string of the molecule is CCOC(=O)N1CCN([C@@H](C)C(=O)NCc2ccc(C)cc2)CC1. The molecule has 1 aliphatic rings. The predicted molar refractivity (Wildman–Crippen MR) is 92.7 cm³/mol. The third-order valence-electron chi connectivity index (χ3n) is 4.35. The Morgan fingerprint density at radius 2 is 1.79 bits per heavy atom. The Labute approximate surface area is 143 Å². The highest BCUT2D eigenvalue weighted by molar-refractivity contribution is 5.81. The zero-order valence-electron chi connectivity index (χ0n) is 14.7. The van der Waals surface area contributed by atoms with Crippen molar-refractivity contribution in [1.29, 1.82) is 0 Å². The van der Waals surface area contributed by atoms with Crippen molar-refractivity contribution < 1.29 is 14.3 Å². The van der Waals surface area contributed by atoms with Crippen LogP contribution in [-0.4, -0.2) is 60.6 Å². The van der Waals surface area contributed by atoms with Gasteiger partial charge < -0.3 is 15.0 Å². The first-order valence-corrected chi connectivity index (χ1v) is 8.50. The Balaban J connectivity index is 1.77. The fourth-order valence-corrected chi connectivity index (χ4v) is 2.72. The number of nitrogens with zero attached hydrogens (tertiary/aromatic N) is 2. The highest BCUT2D eigenvalue weighted by atomic mass is 16.6. The lowest BCUT2D eigenvalue weighted by molar-refractivity contribution is -0.126. The van der Waals surface area contributed by atoms with Crippen LogP contribution in [0.25, 0.3) is 0 Å². The monoisotopic (exact) mass is 333 g/mol. The number of nitrogens with one attached hydrogen (secondary N) is 1. The van der Waals surface area contributed by atoms with Gasteiger partial charge in [-0.25, -0.2) is 4.79 Å². The lowest BCUT2D eigenvalue weighted by Gasteiger charge is -2.36. The molecule has 1 aromatic carbocycles. The van der Waals surface area contributed by atoms with E-state index in [4.69, 9.17) is 4.74 Å². The first-order chi connectivity index (χ1) is 11.5. The van der Waals surface area contributed by atoms with Crippen LogP contribution in [0, 0.1) is 6.92 Å².